The quantitative estimate of drug-likeness (QED) is 0.473. The van der Waals surface area contributed by atoms with Crippen molar-refractivity contribution in [1.29, 1.82) is 0 Å². The predicted molar refractivity (Wildman–Crippen MR) is 105 cm³/mol. The number of hydrogen-bond donors (Lipinski definition) is 0. The molecule has 134 valence electrons. The molecule has 0 saturated carbocycles. The summed E-state index contributed by atoms with van der Waals surface area (Å²) in [4.78, 5) is 0. The molecule has 0 heterocycles. The Bertz CT molecular complexity index is 955. The molecule has 3 aromatic carbocycles. The lowest BCUT2D eigenvalue weighted by molar-refractivity contribution is 0.608. The molecule has 2 heteroatoms. The van der Waals surface area contributed by atoms with Crippen LogP contribution in [-0.4, -0.2) is 0 Å². The van der Waals surface area contributed by atoms with Crippen LogP contribution in [0.25, 0.3) is 22.3 Å². The fraction of sp³-hybridized carbons (Fsp3) is 0.250. The fourth-order valence-corrected chi connectivity index (χ4v) is 3.57. The van der Waals surface area contributed by atoms with Crippen LogP contribution in [0.5, 0.6) is 0 Å². The summed E-state index contributed by atoms with van der Waals surface area (Å²) in [5, 5.41) is 0. The first-order valence-corrected chi connectivity index (χ1v) is 9.14. The summed E-state index contributed by atoms with van der Waals surface area (Å²) in [5.74, 6) is -0.551. The molecule has 0 aliphatic carbocycles. The monoisotopic (exact) mass is 350 g/mol. The van der Waals surface area contributed by atoms with Crippen LogP contribution in [-0.2, 0) is 12.8 Å². The molecule has 0 radical (unpaired) electrons. The standard InChI is InChI=1S/C24H24F2/c1-5-17-13-18(14-23(25)19(17)6-2)21-11-8-12-22(24(21)26)20-10-7-9-15(3)16(20)4/h7-14H,5-6H2,1-4H3. The van der Waals surface area contributed by atoms with E-state index in [9.17, 15) is 4.39 Å². The number of aryl methyl sites for hydroxylation is 2. The molecule has 0 N–H and O–H groups in total. The Morgan fingerprint density at radius 2 is 1.42 bits per heavy atom. The molecule has 0 aliphatic rings. The highest BCUT2D eigenvalue weighted by molar-refractivity contribution is 5.76. The third-order valence-corrected chi connectivity index (χ3v) is 5.23. The van der Waals surface area contributed by atoms with Crippen LogP contribution in [0.4, 0.5) is 8.78 Å². The molecule has 0 atom stereocenters. The molecule has 3 rings (SSSR count). The summed E-state index contributed by atoms with van der Waals surface area (Å²) in [5.41, 5.74) is 6.33. The fourth-order valence-electron chi connectivity index (χ4n) is 3.57. The number of hydrogen-bond acceptors (Lipinski definition) is 0. The van der Waals surface area contributed by atoms with Gasteiger partial charge in [0, 0.05) is 11.1 Å². The third kappa shape index (κ3) is 3.16. The van der Waals surface area contributed by atoms with Gasteiger partial charge in [0.15, 0.2) is 0 Å². The van der Waals surface area contributed by atoms with Crippen LogP contribution in [0.1, 0.15) is 36.1 Å². The first kappa shape index (κ1) is 18.3. The zero-order chi connectivity index (χ0) is 18.8. The van der Waals surface area contributed by atoms with Crippen molar-refractivity contribution in [3.63, 3.8) is 0 Å². The minimum Gasteiger partial charge on any atom is -0.207 e. The molecular weight excluding hydrogens is 326 g/mol. The van der Waals surface area contributed by atoms with E-state index >= 15 is 4.39 Å². The highest BCUT2D eigenvalue weighted by Gasteiger charge is 2.16. The number of halogens is 2. The van der Waals surface area contributed by atoms with Crippen molar-refractivity contribution in [2.75, 3.05) is 0 Å². The van der Waals surface area contributed by atoms with Crippen molar-refractivity contribution >= 4 is 0 Å². The summed E-state index contributed by atoms with van der Waals surface area (Å²) in [7, 11) is 0. The highest BCUT2D eigenvalue weighted by Crippen LogP contribution is 2.34. The van der Waals surface area contributed by atoms with Gasteiger partial charge in [-0.2, -0.15) is 0 Å². The van der Waals surface area contributed by atoms with Crippen LogP contribution >= 0.6 is 0 Å². The maximum atomic E-state index is 15.4. The summed E-state index contributed by atoms with van der Waals surface area (Å²) >= 11 is 0. The summed E-state index contributed by atoms with van der Waals surface area (Å²) in [6.07, 6.45) is 1.37. The van der Waals surface area contributed by atoms with Gasteiger partial charge in [-0.25, -0.2) is 8.78 Å². The molecule has 0 aromatic heterocycles. The van der Waals surface area contributed by atoms with Crippen LogP contribution in [0, 0.1) is 25.5 Å². The van der Waals surface area contributed by atoms with Crippen molar-refractivity contribution in [2.24, 2.45) is 0 Å². The van der Waals surface area contributed by atoms with E-state index in [0.29, 0.717) is 23.1 Å². The van der Waals surface area contributed by atoms with Crippen LogP contribution in [0.3, 0.4) is 0 Å². The summed E-state index contributed by atoms with van der Waals surface area (Å²) < 4.78 is 29.9. The largest absolute Gasteiger partial charge is 0.207 e. The van der Waals surface area contributed by atoms with Crippen LogP contribution in [0.15, 0.2) is 48.5 Å². The average Bonchev–Trinajstić information content (AvgIpc) is 2.63. The van der Waals surface area contributed by atoms with E-state index in [1.54, 1.807) is 12.1 Å². The predicted octanol–water partition coefficient (Wildman–Crippen LogP) is 7.04. The minimum absolute atomic E-state index is 0.251. The van der Waals surface area contributed by atoms with Crippen LogP contribution in [0.2, 0.25) is 0 Å². The Morgan fingerprint density at radius 3 is 2.12 bits per heavy atom. The van der Waals surface area contributed by atoms with E-state index in [0.717, 1.165) is 34.2 Å². The van der Waals surface area contributed by atoms with Gasteiger partial charge >= 0.3 is 0 Å². The van der Waals surface area contributed by atoms with Gasteiger partial charge in [-0.3, -0.25) is 0 Å². The molecule has 0 amide bonds. The first-order chi connectivity index (χ1) is 12.5. The van der Waals surface area contributed by atoms with E-state index in [-0.39, 0.29) is 11.6 Å². The molecule has 0 aliphatic heterocycles. The maximum Gasteiger partial charge on any atom is 0.138 e. The Kier molecular flexibility index (Phi) is 5.22. The summed E-state index contributed by atoms with van der Waals surface area (Å²) in [6.45, 7) is 7.97. The molecular formula is C24H24F2. The van der Waals surface area contributed by atoms with Crippen LogP contribution < -0.4 is 0 Å². The SMILES string of the molecule is CCc1cc(-c2cccc(-c3cccc(C)c3C)c2F)cc(F)c1CC. The second kappa shape index (κ2) is 7.41. The second-order valence-electron chi connectivity index (χ2n) is 6.72. The van der Waals surface area contributed by atoms with Crippen molar-refractivity contribution in [2.45, 2.75) is 40.5 Å². The molecule has 0 saturated heterocycles. The molecule has 0 fully saturated rings. The van der Waals surface area contributed by atoms with Gasteiger partial charge in [0.05, 0.1) is 0 Å². The van der Waals surface area contributed by atoms with E-state index < -0.39 is 0 Å². The van der Waals surface area contributed by atoms with Gasteiger partial charge in [-0.15, -0.1) is 0 Å². The molecule has 0 bridgehead atoms. The Hall–Kier alpha value is -2.48. The molecule has 0 nitrogen and oxygen atoms in total. The molecule has 0 spiro atoms. The van der Waals surface area contributed by atoms with Crippen molar-refractivity contribution in [3.05, 3.63) is 82.4 Å². The Morgan fingerprint density at radius 1 is 0.769 bits per heavy atom. The highest BCUT2D eigenvalue weighted by atomic mass is 19.1. The lowest BCUT2D eigenvalue weighted by atomic mass is 9.91. The number of rotatable bonds is 4. The van der Waals surface area contributed by atoms with E-state index in [1.807, 2.05) is 58.0 Å². The van der Waals surface area contributed by atoms with Crippen molar-refractivity contribution in [1.82, 2.24) is 0 Å². The van der Waals surface area contributed by atoms with Gasteiger partial charge in [0.25, 0.3) is 0 Å². The van der Waals surface area contributed by atoms with Crippen molar-refractivity contribution < 1.29 is 8.78 Å². The Balaban J connectivity index is 2.20. The zero-order valence-electron chi connectivity index (χ0n) is 15.8. The number of benzene rings is 3. The average molecular weight is 350 g/mol. The minimum atomic E-state index is -0.299. The van der Waals surface area contributed by atoms with Crippen molar-refractivity contribution in [3.8, 4) is 22.3 Å². The van der Waals surface area contributed by atoms with Gasteiger partial charge in [-0.1, -0.05) is 56.3 Å². The zero-order valence-corrected chi connectivity index (χ0v) is 15.8. The molecule has 0 unspecified atom stereocenters. The van der Waals surface area contributed by atoms with Gasteiger partial charge in [0.2, 0.25) is 0 Å². The van der Waals surface area contributed by atoms with E-state index in [2.05, 4.69) is 0 Å². The summed E-state index contributed by atoms with van der Waals surface area (Å²) in [6, 6.07) is 14.6. The first-order valence-electron chi connectivity index (χ1n) is 9.14. The van der Waals surface area contributed by atoms with E-state index in [4.69, 9.17) is 0 Å². The van der Waals surface area contributed by atoms with E-state index in [1.165, 1.54) is 6.07 Å². The van der Waals surface area contributed by atoms with Gasteiger partial charge in [-0.05, 0) is 66.1 Å². The topological polar surface area (TPSA) is 0 Å². The third-order valence-electron chi connectivity index (χ3n) is 5.23. The van der Waals surface area contributed by atoms with Gasteiger partial charge in [0.1, 0.15) is 11.6 Å². The Labute approximate surface area is 154 Å². The lowest BCUT2D eigenvalue weighted by Gasteiger charge is -2.15. The van der Waals surface area contributed by atoms with Gasteiger partial charge < -0.3 is 0 Å². The normalized spacial score (nSPS) is 11.0. The smallest absolute Gasteiger partial charge is 0.138 e. The lowest BCUT2D eigenvalue weighted by Crippen LogP contribution is -1.99. The molecule has 26 heavy (non-hydrogen) atoms. The molecule has 3 aromatic rings. The second-order valence-corrected chi connectivity index (χ2v) is 6.72. The maximum absolute atomic E-state index is 15.4.